The third kappa shape index (κ3) is 4.88. The molecule has 0 saturated carbocycles. The van der Waals surface area contributed by atoms with Crippen LogP contribution < -0.4 is 0 Å². The summed E-state index contributed by atoms with van der Waals surface area (Å²) < 4.78 is 85.6. The first-order valence-corrected chi connectivity index (χ1v) is 11.6. The van der Waals surface area contributed by atoms with E-state index in [0.717, 1.165) is 5.06 Å². The van der Waals surface area contributed by atoms with Crippen LogP contribution in [0.2, 0.25) is 0 Å². The van der Waals surface area contributed by atoms with Crippen LogP contribution in [0.1, 0.15) is 74.0 Å². The van der Waals surface area contributed by atoms with Gasteiger partial charge in [0.2, 0.25) is 0 Å². The largest absolute Gasteiger partial charge is 0.427 e. The second-order valence-electron chi connectivity index (χ2n) is 11.1. The number of halogens is 6. The van der Waals surface area contributed by atoms with Crippen molar-refractivity contribution in [2.45, 2.75) is 70.4 Å². The zero-order chi connectivity index (χ0) is 27.6. The Morgan fingerprint density at radius 1 is 0.865 bits per heavy atom. The van der Waals surface area contributed by atoms with E-state index in [1.54, 1.807) is 44.2 Å². The molecule has 0 amide bonds. The van der Waals surface area contributed by atoms with Gasteiger partial charge in [-0.05, 0) is 61.4 Å². The molecule has 4 rings (SSSR count). The van der Waals surface area contributed by atoms with Crippen molar-refractivity contribution in [1.82, 2.24) is 5.06 Å². The van der Waals surface area contributed by atoms with E-state index in [4.69, 9.17) is 4.74 Å². The summed E-state index contributed by atoms with van der Waals surface area (Å²) in [5, 5.41) is 14.8. The molecule has 2 aromatic rings. The van der Waals surface area contributed by atoms with Gasteiger partial charge in [0.25, 0.3) is 0 Å². The van der Waals surface area contributed by atoms with Gasteiger partial charge in [-0.1, -0.05) is 44.2 Å². The smallest absolute Gasteiger partial charge is 0.416 e. The maximum Gasteiger partial charge on any atom is 0.416 e. The van der Waals surface area contributed by atoms with Gasteiger partial charge in [0.05, 0.1) is 22.2 Å². The molecule has 10 heteroatoms. The minimum Gasteiger partial charge on any atom is -0.427 e. The maximum absolute atomic E-state index is 13.8. The van der Waals surface area contributed by atoms with Crippen LogP contribution >= 0.6 is 0 Å². The van der Waals surface area contributed by atoms with Gasteiger partial charge in [0.15, 0.2) is 0 Å². The van der Waals surface area contributed by atoms with Gasteiger partial charge in [0, 0.05) is 12.0 Å². The van der Waals surface area contributed by atoms with E-state index in [1.807, 2.05) is 13.8 Å². The van der Waals surface area contributed by atoms with E-state index in [0.29, 0.717) is 29.7 Å². The second-order valence-corrected chi connectivity index (χ2v) is 11.1. The molecule has 2 aliphatic rings. The van der Waals surface area contributed by atoms with E-state index in [2.05, 4.69) is 0 Å². The van der Waals surface area contributed by atoms with Crippen molar-refractivity contribution in [3.05, 3.63) is 82.1 Å². The van der Waals surface area contributed by atoms with Gasteiger partial charge < -0.3 is 4.74 Å². The highest BCUT2D eigenvalue weighted by molar-refractivity contribution is 5.90. The molecule has 4 nitrogen and oxygen atoms in total. The number of hydroxylamine groups is 2. The van der Waals surface area contributed by atoms with Crippen LogP contribution in [0.3, 0.4) is 0 Å². The third-order valence-electron chi connectivity index (χ3n) is 7.01. The predicted octanol–water partition coefficient (Wildman–Crippen LogP) is 7.68. The fourth-order valence-corrected chi connectivity index (χ4v) is 5.54. The molecule has 1 heterocycles. The maximum atomic E-state index is 13.8. The molecule has 0 N–H and O–H groups in total. The number of alkyl halides is 6. The van der Waals surface area contributed by atoms with Crippen LogP contribution in [0.25, 0.3) is 0 Å². The molecule has 1 aliphatic carbocycles. The van der Waals surface area contributed by atoms with Crippen LogP contribution in [-0.2, 0) is 27.8 Å². The Hall–Kier alpha value is -2.85. The summed E-state index contributed by atoms with van der Waals surface area (Å²) in [6, 6.07) is 9.56. The molecular weight excluding hydrogens is 500 g/mol. The first-order valence-electron chi connectivity index (χ1n) is 11.6. The van der Waals surface area contributed by atoms with Crippen LogP contribution in [-0.4, -0.2) is 16.6 Å². The van der Waals surface area contributed by atoms with Crippen molar-refractivity contribution >= 4 is 5.97 Å². The standard InChI is InChI=1S/C27H26F6NO3/c1-23(2)14-21(20-13-24(3,4)34(36)25(20,15-23)17-8-6-5-7-9-17)37-22(35)16-10-18(26(28,29)30)12-19(11-16)27(31,32)33/h5-12H,13-15H2,1-4H3. The summed E-state index contributed by atoms with van der Waals surface area (Å²) in [6.45, 7) is 7.22. The fraction of sp³-hybridized carbons (Fsp3) is 0.444. The Balaban J connectivity index is 1.85. The lowest BCUT2D eigenvalue weighted by atomic mass is 9.65. The molecule has 1 radical (unpaired) electrons. The predicted molar refractivity (Wildman–Crippen MR) is 121 cm³/mol. The lowest BCUT2D eigenvalue weighted by Crippen LogP contribution is -2.50. The summed E-state index contributed by atoms with van der Waals surface area (Å²) in [5.41, 5.74) is -5.59. The number of carbonyl (C=O) groups excluding carboxylic acids is 1. The van der Waals surface area contributed by atoms with Crippen LogP contribution in [0.4, 0.5) is 26.3 Å². The number of fused-ring (bicyclic) bond motifs is 1. The molecule has 0 aromatic heterocycles. The summed E-state index contributed by atoms with van der Waals surface area (Å²) in [5.74, 6) is -1.25. The van der Waals surface area contributed by atoms with E-state index in [1.165, 1.54) is 0 Å². The molecule has 37 heavy (non-hydrogen) atoms. The summed E-state index contributed by atoms with van der Waals surface area (Å²) in [6.07, 6.45) is -9.44. The second kappa shape index (κ2) is 8.59. The summed E-state index contributed by atoms with van der Waals surface area (Å²) in [4.78, 5) is 13.1. The number of nitrogens with zero attached hydrogens (tertiary/aromatic N) is 1. The van der Waals surface area contributed by atoms with Gasteiger partial charge in [-0.15, -0.1) is 10.3 Å². The van der Waals surface area contributed by atoms with E-state index in [9.17, 15) is 36.3 Å². The highest BCUT2D eigenvalue weighted by atomic mass is 19.4. The van der Waals surface area contributed by atoms with Gasteiger partial charge in [-0.25, -0.2) is 4.79 Å². The zero-order valence-electron chi connectivity index (χ0n) is 20.7. The first kappa shape index (κ1) is 27.2. The molecular formula is C27H26F6NO3. The van der Waals surface area contributed by atoms with Crippen LogP contribution in [0.5, 0.6) is 0 Å². The van der Waals surface area contributed by atoms with Crippen molar-refractivity contribution in [2.24, 2.45) is 5.41 Å². The molecule has 1 fully saturated rings. The van der Waals surface area contributed by atoms with Gasteiger partial charge >= 0.3 is 18.3 Å². The van der Waals surface area contributed by atoms with Crippen molar-refractivity contribution in [2.75, 3.05) is 0 Å². The van der Waals surface area contributed by atoms with Gasteiger partial charge in [0.1, 0.15) is 5.76 Å². The molecule has 1 unspecified atom stereocenters. The van der Waals surface area contributed by atoms with Crippen molar-refractivity contribution in [3.8, 4) is 0 Å². The van der Waals surface area contributed by atoms with Crippen molar-refractivity contribution < 1.29 is 41.1 Å². The molecule has 199 valence electrons. The number of carbonyl (C=O) groups is 1. The Kier molecular flexibility index (Phi) is 6.31. The Bertz CT molecular complexity index is 1210. The number of esters is 1. The first-order chi connectivity index (χ1) is 16.9. The minimum absolute atomic E-state index is 0.0440. The number of hydrogen-bond acceptors (Lipinski definition) is 3. The molecule has 0 spiro atoms. The highest BCUT2D eigenvalue weighted by Gasteiger charge is 2.61. The molecule has 0 bridgehead atoms. The highest BCUT2D eigenvalue weighted by Crippen LogP contribution is 2.60. The SMILES string of the molecule is CC1(C)CC(OC(=O)c2cc(C(F)(F)F)cc(C(F)(F)F)c2)=C2CC(C)(C)N([O])C2(c2ccccc2)C1. The summed E-state index contributed by atoms with van der Waals surface area (Å²) in [7, 11) is 0. The summed E-state index contributed by atoms with van der Waals surface area (Å²) >= 11 is 0. The number of ether oxygens (including phenoxy) is 1. The lowest BCUT2D eigenvalue weighted by Gasteiger charge is -2.46. The number of benzene rings is 2. The molecule has 1 aliphatic heterocycles. The van der Waals surface area contributed by atoms with Crippen LogP contribution in [0, 0.1) is 5.41 Å². The molecule has 1 atom stereocenters. The van der Waals surface area contributed by atoms with E-state index >= 15 is 0 Å². The average Bonchev–Trinajstić information content (AvgIpc) is 2.99. The van der Waals surface area contributed by atoms with Crippen molar-refractivity contribution in [3.63, 3.8) is 0 Å². The van der Waals surface area contributed by atoms with Gasteiger partial charge in [-0.2, -0.15) is 26.3 Å². The van der Waals surface area contributed by atoms with Gasteiger partial charge in [-0.3, -0.25) is 0 Å². The molecule has 1 saturated heterocycles. The monoisotopic (exact) mass is 526 g/mol. The normalized spacial score (nSPS) is 23.6. The fourth-order valence-electron chi connectivity index (χ4n) is 5.54. The Labute approximate surface area is 210 Å². The Morgan fingerprint density at radius 3 is 1.92 bits per heavy atom. The average molecular weight is 526 g/mol. The zero-order valence-corrected chi connectivity index (χ0v) is 20.7. The number of hydrogen-bond donors (Lipinski definition) is 0. The van der Waals surface area contributed by atoms with E-state index in [-0.39, 0.29) is 24.7 Å². The topological polar surface area (TPSA) is 49.4 Å². The minimum atomic E-state index is -5.11. The number of rotatable bonds is 3. The molecule has 2 aromatic carbocycles. The number of allylic oxidation sites excluding steroid dienone is 1. The van der Waals surface area contributed by atoms with Crippen molar-refractivity contribution in [1.29, 1.82) is 0 Å². The van der Waals surface area contributed by atoms with Crippen LogP contribution in [0.15, 0.2) is 59.9 Å². The Morgan fingerprint density at radius 2 is 1.41 bits per heavy atom. The quantitative estimate of drug-likeness (QED) is 0.305. The lowest BCUT2D eigenvalue weighted by molar-refractivity contribution is -0.260. The van der Waals surface area contributed by atoms with E-state index < -0.39 is 51.5 Å². The third-order valence-corrected chi connectivity index (χ3v) is 7.01.